The zero-order chi connectivity index (χ0) is 18.0. The number of Topliss-reactive ketones (excluding diaryl/α,β-unsaturated/α-hetero) is 1. The molecule has 25 heavy (non-hydrogen) atoms. The third-order valence-electron chi connectivity index (χ3n) is 4.47. The van der Waals surface area contributed by atoms with Gasteiger partial charge in [0.05, 0.1) is 29.4 Å². The van der Waals surface area contributed by atoms with Gasteiger partial charge >= 0.3 is 5.97 Å². The largest absolute Gasteiger partial charge is 0.475 e. The van der Waals surface area contributed by atoms with E-state index < -0.39 is 23.6 Å². The first-order valence-corrected chi connectivity index (χ1v) is 7.88. The average molecular weight is 339 g/mol. The highest BCUT2D eigenvalue weighted by Crippen LogP contribution is 2.33. The number of hydrogen-bond donors (Lipinski definition) is 1. The highest BCUT2D eigenvalue weighted by atomic mass is 16.4. The van der Waals surface area contributed by atoms with E-state index >= 15 is 0 Å². The number of carbonyl (C=O) groups excluding carboxylic acids is 2. The van der Waals surface area contributed by atoms with Gasteiger partial charge in [0, 0.05) is 6.54 Å². The summed E-state index contributed by atoms with van der Waals surface area (Å²) in [7, 11) is 0. The molecule has 0 spiro atoms. The van der Waals surface area contributed by atoms with Crippen LogP contribution in [0.1, 0.15) is 11.3 Å². The molecular formula is C18H17N3O4. The molecule has 3 rings (SSSR count). The van der Waals surface area contributed by atoms with Gasteiger partial charge in [0.1, 0.15) is 6.33 Å². The summed E-state index contributed by atoms with van der Waals surface area (Å²) < 4.78 is 0. The Morgan fingerprint density at radius 2 is 2.00 bits per heavy atom. The lowest BCUT2D eigenvalue weighted by Crippen LogP contribution is -2.31. The van der Waals surface area contributed by atoms with Gasteiger partial charge in [0.15, 0.2) is 0 Å². The third kappa shape index (κ3) is 3.26. The monoisotopic (exact) mass is 339 g/mol. The van der Waals surface area contributed by atoms with E-state index in [-0.39, 0.29) is 12.5 Å². The van der Waals surface area contributed by atoms with E-state index in [4.69, 9.17) is 5.11 Å². The molecule has 0 saturated carbocycles. The van der Waals surface area contributed by atoms with Gasteiger partial charge in [-0.1, -0.05) is 30.3 Å². The zero-order valence-electron chi connectivity index (χ0n) is 13.6. The van der Waals surface area contributed by atoms with Crippen LogP contribution in [0, 0.1) is 18.8 Å². The number of aliphatic carboxylic acids is 1. The van der Waals surface area contributed by atoms with Crippen LogP contribution in [0.3, 0.4) is 0 Å². The van der Waals surface area contributed by atoms with Crippen LogP contribution < -0.4 is 4.90 Å². The molecule has 2 atom stereocenters. The molecule has 1 aromatic heterocycles. The van der Waals surface area contributed by atoms with Crippen molar-refractivity contribution in [1.82, 2.24) is 9.97 Å². The van der Waals surface area contributed by atoms with Gasteiger partial charge in [-0.25, -0.2) is 14.8 Å². The molecule has 128 valence electrons. The van der Waals surface area contributed by atoms with Crippen LogP contribution in [0.5, 0.6) is 0 Å². The summed E-state index contributed by atoms with van der Waals surface area (Å²) in [6, 6.07) is 9.26. The van der Waals surface area contributed by atoms with Crippen LogP contribution in [-0.4, -0.2) is 39.3 Å². The number of nitrogens with zero attached hydrogens (tertiary/aromatic N) is 3. The van der Waals surface area contributed by atoms with Crippen LogP contribution in [0.4, 0.5) is 5.69 Å². The second-order valence-electron chi connectivity index (χ2n) is 6.01. The first kappa shape index (κ1) is 16.8. The first-order chi connectivity index (χ1) is 12.0. The molecule has 1 amide bonds. The predicted octanol–water partition coefficient (Wildman–Crippen LogP) is 1.26. The van der Waals surface area contributed by atoms with Gasteiger partial charge in [0.2, 0.25) is 11.7 Å². The van der Waals surface area contributed by atoms with Crippen LogP contribution in [0.2, 0.25) is 0 Å². The van der Waals surface area contributed by atoms with Crippen molar-refractivity contribution >= 4 is 23.3 Å². The molecule has 0 unspecified atom stereocenters. The van der Waals surface area contributed by atoms with Crippen molar-refractivity contribution in [2.24, 2.45) is 11.8 Å². The third-order valence-corrected chi connectivity index (χ3v) is 4.47. The number of rotatable bonds is 5. The van der Waals surface area contributed by atoms with E-state index in [0.717, 1.165) is 5.56 Å². The van der Waals surface area contributed by atoms with E-state index in [1.165, 1.54) is 17.4 Å². The van der Waals surface area contributed by atoms with Crippen LogP contribution in [0.15, 0.2) is 42.9 Å². The van der Waals surface area contributed by atoms with Crippen molar-refractivity contribution < 1.29 is 19.5 Å². The van der Waals surface area contributed by atoms with Crippen molar-refractivity contribution in [3.05, 3.63) is 54.1 Å². The molecule has 1 aromatic carbocycles. The molecule has 2 heterocycles. The van der Waals surface area contributed by atoms with Crippen molar-refractivity contribution in [2.45, 2.75) is 13.3 Å². The predicted molar refractivity (Wildman–Crippen MR) is 88.9 cm³/mol. The number of amides is 1. The van der Waals surface area contributed by atoms with E-state index in [1.54, 1.807) is 6.92 Å². The molecule has 1 aliphatic rings. The maximum atomic E-state index is 12.9. The number of aromatic nitrogens is 2. The summed E-state index contributed by atoms with van der Waals surface area (Å²) in [5.41, 5.74) is 1.99. The Balaban J connectivity index is 1.95. The van der Waals surface area contributed by atoms with Crippen LogP contribution in [0.25, 0.3) is 0 Å². The molecule has 1 N–H and O–H groups in total. The zero-order valence-corrected chi connectivity index (χ0v) is 13.6. The summed E-state index contributed by atoms with van der Waals surface area (Å²) >= 11 is 0. The number of carboxylic acids is 1. The molecule has 1 fully saturated rings. The molecule has 7 heteroatoms. The smallest absolute Gasteiger partial charge is 0.372 e. The molecule has 1 saturated heterocycles. The molecule has 0 radical (unpaired) electrons. The van der Waals surface area contributed by atoms with Gasteiger partial charge in [-0.05, 0) is 18.9 Å². The maximum absolute atomic E-state index is 12.9. The molecule has 0 bridgehead atoms. The first-order valence-electron chi connectivity index (χ1n) is 7.88. The molecule has 1 aliphatic heterocycles. The highest BCUT2D eigenvalue weighted by Gasteiger charge is 2.46. The number of aryl methyl sites for hydroxylation is 1. The van der Waals surface area contributed by atoms with Crippen molar-refractivity contribution in [1.29, 1.82) is 0 Å². The van der Waals surface area contributed by atoms with E-state index in [9.17, 15) is 14.4 Å². The van der Waals surface area contributed by atoms with E-state index in [1.807, 2.05) is 30.3 Å². The fourth-order valence-electron chi connectivity index (χ4n) is 3.17. The Labute approximate surface area is 144 Å². The average Bonchev–Trinajstić information content (AvgIpc) is 2.92. The topological polar surface area (TPSA) is 100 Å². The number of anilines is 1. The number of carbonyl (C=O) groups is 3. The normalized spacial score (nSPS) is 19.9. The standard InChI is InChI=1S/C18H17N3O4/c1-11-15(8-19-10-20-11)21-9-14(16(22)18(24)25)13(17(21)23)7-12-5-3-2-4-6-12/h2-6,8,10,13-14H,7,9H2,1H3,(H,24,25)/t13-,14+/m1/s1. The van der Waals surface area contributed by atoms with Crippen molar-refractivity contribution in [3.8, 4) is 0 Å². The highest BCUT2D eigenvalue weighted by molar-refractivity contribution is 6.34. The Kier molecular flexibility index (Phi) is 4.56. The Bertz CT molecular complexity index is 822. The van der Waals surface area contributed by atoms with Crippen molar-refractivity contribution in [3.63, 3.8) is 0 Å². The van der Waals surface area contributed by atoms with E-state index in [2.05, 4.69) is 9.97 Å². The SMILES string of the molecule is Cc1ncncc1N1C[C@H](C(=O)C(=O)O)[C@@H](Cc2ccccc2)C1=O. The number of ketones is 1. The minimum Gasteiger partial charge on any atom is -0.475 e. The number of carboxylic acid groups (broad SMARTS) is 1. The fourth-order valence-corrected chi connectivity index (χ4v) is 3.17. The quantitative estimate of drug-likeness (QED) is 0.823. The number of hydrogen-bond acceptors (Lipinski definition) is 5. The molecular weight excluding hydrogens is 322 g/mol. The minimum absolute atomic E-state index is 0.0235. The summed E-state index contributed by atoms with van der Waals surface area (Å²) in [6.07, 6.45) is 3.20. The minimum atomic E-state index is -1.52. The van der Waals surface area contributed by atoms with Gasteiger partial charge in [-0.15, -0.1) is 0 Å². The Morgan fingerprint density at radius 1 is 1.28 bits per heavy atom. The lowest BCUT2D eigenvalue weighted by Gasteiger charge is -2.17. The maximum Gasteiger partial charge on any atom is 0.372 e. The Hall–Kier alpha value is -3.09. The van der Waals surface area contributed by atoms with Crippen LogP contribution in [-0.2, 0) is 20.8 Å². The molecule has 0 aliphatic carbocycles. The molecule has 7 nitrogen and oxygen atoms in total. The lowest BCUT2D eigenvalue weighted by molar-refractivity contribution is -0.151. The van der Waals surface area contributed by atoms with Gasteiger partial charge in [-0.2, -0.15) is 0 Å². The summed E-state index contributed by atoms with van der Waals surface area (Å²) in [5, 5.41) is 9.12. The second-order valence-corrected chi connectivity index (χ2v) is 6.01. The van der Waals surface area contributed by atoms with Gasteiger partial charge in [0.25, 0.3) is 0 Å². The lowest BCUT2D eigenvalue weighted by atomic mass is 9.86. The molecule has 2 aromatic rings. The van der Waals surface area contributed by atoms with Gasteiger partial charge < -0.3 is 10.0 Å². The van der Waals surface area contributed by atoms with Crippen molar-refractivity contribution in [2.75, 3.05) is 11.4 Å². The second kappa shape index (κ2) is 6.80. The summed E-state index contributed by atoms with van der Waals surface area (Å²) in [4.78, 5) is 45.7. The van der Waals surface area contributed by atoms with E-state index in [0.29, 0.717) is 17.8 Å². The number of benzene rings is 1. The summed E-state index contributed by atoms with van der Waals surface area (Å²) in [5.74, 6) is -4.35. The fraction of sp³-hybridized carbons (Fsp3) is 0.278. The van der Waals surface area contributed by atoms with Crippen LogP contribution >= 0.6 is 0 Å². The van der Waals surface area contributed by atoms with Gasteiger partial charge in [-0.3, -0.25) is 9.59 Å². The summed E-state index contributed by atoms with van der Waals surface area (Å²) in [6.45, 7) is 1.76. The Morgan fingerprint density at radius 3 is 2.64 bits per heavy atom.